The zero-order valence-corrected chi connectivity index (χ0v) is 20.7. The highest BCUT2D eigenvalue weighted by atomic mass is 35.5. The van der Waals surface area contributed by atoms with Crippen LogP contribution in [-0.2, 0) is 10.0 Å². The first-order valence-corrected chi connectivity index (χ1v) is 12.8. The van der Waals surface area contributed by atoms with Gasteiger partial charge in [0.1, 0.15) is 11.5 Å². The number of rotatable bonds is 5. The Balaban J connectivity index is 2.18. The van der Waals surface area contributed by atoms with Crippen LogP contribution in [0.25, 0.3) is 5.69 Å². The number of benzene rings is 1. The summed E-state index contributed by atoms with van der Waals surface area (Å²) in [5.74, 6) is -0.0747. The topological polar surface area (TPSA) is 86.0 Å². The second kappa shape index (κ2) is 8.61. The number of alkyl halides is 2. The molecule has 0 spiro atoms. The lowest BCUT2D eigenvalue weighted by molar-refractivity contribution is -0.0439. The molecule has 12 heteroatoms. The number of hydrogen-bond donors (Lipinski definition) is 1. The number of nitrogens with zero attached hydrogens (tertiary/aromatic N) is 3. The third-order valence-corrected chi connectivity index (χ3v) is 7.18. The molecule has 1 fully saturated rings. The van der Waals surface area contributed by atoms with Gasteiger partial charge in [-0.05, 0) is 50.7 Å². The number of aryl methyl sites for hydroxylation is 1. The smallest absolute Gasteiger partial charge is 0.282 e. The van der Waals surface area contributed by atoms with Gasteiger partial charge in [0.2, 0.25) is 10.0 Å². The number of aromatic nitrogens is 3. The van der Waals surface area contributed by atoms with Gasteiger partial charge in [0.05, 0.1) is 33.7 Å². The molecule has 1 saturated carbocycles. The van der Waals surface area contributed by atoms with Crippen molar-refractivity contribution in [1.82, 2.24) is 14.3 Å². The molecule has 0 amide bonds. The molecule has 0 radical (unpaired) electrons. The highest BCUT2D eigenvalue weighted by Crippen LogP contribution is 2.46. The van der Waals surface area contributed by atoms with Crippen LogP contribution in [-0.4, -0.2) is 40.9 Å². The van der Waals surface area contributed by atoms with Gasteiger partial charge >= 0.3 is 5.69 Å². The molecular weight excluding hydrogens is 485 g/mol. The number of sulfonamides is 1. The van der Waals surface area contributed by atoms with Gasteiger partial charge in [0.15, 0.2) is 6.17 Å². The van der Waals surface area contributed by atoms with E-state index in [0.717, 1.165) is 10.9 Å². The zero-order chi connectivity index (χ0) is 24.2. The van der Waals surface area contributed by atoms with E-state index in [9.17, 15) is 17.6 Å². The van der Waals surface area contributed by atoms with E-state index < -0.39 is 33.6 Å². The second-order valence-electron chi connectivity index (χ2n) is 8.89. The minimum absolute atomic E-state index is 0.00472. The number of anilines is 1. The lowest BCUT2D eigenvalue weighted by Gasteiger charge is -2.43. The maximum Gasteiger partial charge on any atom is 0.351 e. The molecular formula is C20H26Cl2F2N4O3S. The standard InChI is InChI=1S/C20H26Cl2F2N4O3S/c1-10(2)12-6-7-20(4,24)18(23)17(12)27-11(3)25-28(19(27)29)16-9-15(26-32(5,30)31)13(21)8-14(16)22/h8-10,12,17-18,26H,6-7H2,1-5H3. The molecule has 32 heavy (non-hydrogen) atoms. The fourth-order valence-corrected chi connectivity index (χ4v) is 5.47. The summed E-state index contributed by atoms with van der Waals surface area (Å²) in [6, 6.07) is 1.51. The van der Waals surface area contributed by atoms with Crippen LogP contribution in [0.2, 0.25) is 10.0 Å². The molecule has 1 aliphatic rings. The van der Waals surface area contributed by atoms with Crippen molar-refractivity contribution < 1.29 is 17.2 Å². The van der Waals surface area contributed by atoms with Gasteiger partial charge in [0.25, 0.3) is 0 Å². The summed E-state index contributed by atoms with van der Waals surface area (Å²) in [7, 11) is -3.66. The summed E-state index contributed by atoms with van der Waals surface area (Å²) in [5.41, 5.74) is -2.71. The van der Waals surface area contributed by atoms with Crippen LogP contribution in [0.5, 0.6) is 0 Å². The summed E-state index contributed by atoms with van der Waals surface area (Å²) in [6.07, 6.45) is -0.455. The van der Waals surface area contributed by atoms with Gasteiger partial charge in [-0.1, -0.05) is 37.0 Å². The monoisotopic (exact) mass is 510 g/mol. The van der Waals surface area contributed by atoms with Crippen molar-refractivity contribution in [2.75, 3.05) is 11.0 Å². The van der Waals surface area contributed by atoms with Gasteiger partial charge in [-0.3, -0.25) is 9.29 Å². The zero-order valence-electron chi connectivity index (χ0n) is 18.4. The first kappa shape index (κ1) is 25.0. The fraction of sp³-hybridized carbons (Fsp3) is 0.600. The molecule has 0 bridgehead atoms. The summed E-state index contributed by atoms with van der Waals surface area (Å²) in [5, 5.41) is 4.30. The van der Waals surface area contributed by atoms with Crippen molar-refractivity contribution in [2.45, 2.75) is 58.4 Å². The van der Waals surface area contributed by atoms with Crippen molar-refractivity contribution in [3.8, 4) is 5.69 Å². The fourth-order valence-electron chi connectivity index (χ4n) is 4.33. The highest BCUT2D eigenvalue weighted by molar-refractivity contribution is 7.92. The molecule has 0 saturated heterocycles. The summed E-state index contributed by atoms with van der Waals surface area (Å²) < 4.78 is 58.0. The molecule has 0 aliphatic heterocycles. The Kier molecular flexibility index (Phi) is 6.72. The predicted molar refractivity (Wildman–Crippen MR) is 122 cm³/mol. The first-order valence-electron chi connectivity index (χ1n) is 10.1. The molecule has 2 aromatic rings. The van der Waals surface area contributed by atoms with E-state index >= 15 is 4.39 Å². The van der Waals surface area contributed by atoms with Crippen molar-refractivity contribution in [1.29, 1.82) is 0 Å². The molecule has 3 rings (SSSR count). The third-order valence-electron chi connectivity index (χ3n) is 5.98. The Morgan fingerprint density at radius 2 is 1.91 bits per heavy atom. The largest absolute Gasteiger partial charge is 0.351 e. The highest BCUT2D eigenvalue weighted by Gasteiger charge is 2.50. The SMILES string of the molecule is Cc1nn(-c2cc(NS(C)(=O)=O)c(Cl)cc2Cl)c(=O)n1C1C(C(C)C)CCC(C)(F)C1F. The molecule has 1 aromatic carbocycles. The van der Waals surface area contributed by atoms with Gasteiger partial charge < -0.3 is 0 Å². The number of hydrogen-bond acceptors (Lipinski definition) is 4. The van der Waals surface area contributed by atoms with E-state index in [-0.39, 0.29) is 45.5 Å². The van der Waals surface area contributed by atoms with Crippen molar-refractivity contribution in [2.24, 2.45) is 11.8 Å². The van der Waals surface area contributed by atoms with Gasteiger partial charge in [-0.2, -0.15) is 9.78 Å². The van der Waals surface area contributed by atoms with Crippen LogP contribution in [0.1, 0.15) is 45.5 Å². The molecule has 4 unspecified atom stereocenters. The lowest BCUT2D eigenvalue weighted by Crippen LogP contribution is -2.50. The van der Waals surface area contributed by atoms with Crippen molar-refractivity contribution in [3.05, 3.63) is 38.5 Å². The maximum absolute atomic E-state index is 15.4. The minimum atomic E-state index is -3.66. The van der Waals surface area contributed by atoms with Crippen LogP contribution in [0.3, 0.4) is 0 Å². The van der Waals surface area contributed by atoms with E-state index in [4.69, 9.17) is 23.2 Å². The normalized spacial score (nSPS) is 26.5. The van der Waals surface area contributed by atoms with Crippen molar-refractivity contribution in [3.63, 3.8) is 0 Å². The van der Waals surface area contributed by atoms with Gasteiger partial charge in [-0.25, -0.2) is 22.0 Å². The van der Waals surface area contributed by atoms with Crippen LogP contribution >= 0.6 is 23.2 Å². The number of nitrogens with one attached hydrogen (secondary N) is 1. The lowest BCUT2D eigenvalue weighted by atomic mass is 9.71. The van der Waals surface area contributed by atoms with Gasteiger partial charge in [-0.15, -0.1) is 0 Å². The van der Waals surface area contributed by atoms with E-state index in [1.807, 2.05) is 13.8 Å². The second-order valence-corrected chi connectivity index (χ2v) is 11.4. The summed E-state index contributed by atoms with van der Waals surface area (Å²) in [4.78, 5) is 13.4. The average molecular weight is 511 g/mol. The molecule has 178 valence electrons. The summed E-state index contributed by atoms with van der Waals surface area (Å²) >= 11 is 12.4. The van der Waals surface area contributed by atoms with Gasteiger partial charge in [0, 0.05) is 0 Å². The molecule has 1 aromatic heterocycles. The Bertz CT molecular complexity index is 1190. The van der Waals surface area contributed by atoms with Crippen LogP contribution in [0.15, 0.2) is 16.9 Å². The Morgan fingerprint density at radius 3 is 2.47 bits per heavy atom. The molecule has 1 heterocycles. The number of halogens is 4. The molecule has 1 aliphatic carbocycles. The molecule has 4 atom stereocenters. The van der Waals surface area contributed by atoms with E-state index in [0.29, 0.717) is 6.42 Å². The van der Waals surface area contributed by atoms with Crippen LogP contribution < -0.4 is 10.4 Å². The Labute approximate surface area is 195 Å². The summed E-state index contributed by atoms with van der Waals surface area (Å²) in [6.45, 7) is 6.57. The average Bonchev–Trinajstić information content (AvgIpc) is 2.92. The molecule has 1 N–H and O–H groups in total. The Morgan fingerprint density at radius 1 is 1.28 bits per heavy atom. The predicted octanol–water partition coefficient (Wildman–Crippen LogP) is 4.69. The van der Waals surface area contributed by atoms with Crippen LogP contribution in [0, 0.1) is 18.8 Å². The van der Waals surface area contributed by atoms with Crippen LogP contribution in [0.4, 0.5) is 14.5 Å². The third kappa shape index (κ3) is 4.68. The quantitative estimate of drug-likeness (QED) is 0.631. The van der Waals surface area contributed by atoms with Crippen molar-refractivity contribution >= 4 is 38.9 Å². The molecule has 7 nitrogen and oxygen atoms in total. The maximum atomic E-state index is 15.4. The van der Waals surface area contributed by atoms with E-state index in [1.54, 1.807) is 0 Å². The minimum Gasteiger partial charge on any atom is -0.282 e. The first-order chi connectivity index (χ1) is 14.6. The van der Waals surface area contributed by atoms with E-state index in [1.165, 1.54) is 30.5 Å². The van der Waals surface area contributed by atoms with E-state index in [2.05, 4.69) is 9.82 Å². The Hall–Kier alpha value is -1.65.